The third kappa shape index (κ3) is 6.41. The average Bonchev–Trinajstić information content (AvgIpc) is 3.71. The van der Waals surface area contributed by atoms with Gasteiger partial charge in [-0.1, -0.05) is 194 Å². The molecule has 0 saturated carbocycles. The first-order chi connectivity index (χ1) is 29.7. The largest absolute Gasteiger partial charge is 0.455 e. The van der Waals surface area contributed by atoms with E-state index in [0.29, 0.717) is 0 Å². The van der Waals surface area contributed by atoms with Crippen molar-refractivity contribution in [3.8, 4) is 55.6 Å². The molecule has 0 spiro atoms. The minimum atomic E-state index is 0.871. The summed E-state index contributed by atoms with van der Waals surface area (Å²) in [6.07, 6.45) is 0. The molecule has 11 aromatic rings. The van der Waals surface area contributed by atoms with E-state index in [4.69, 9.17) is 4.42 Å². The summed E-state index contributed by atoms with van der Waals surface area (Å²) in [6.45, 7) is 0. The molecular weight excluding hydrogens is 727 g/mol. The first kappa shape index (κ1) is 35.2. The Morgan fingerprint density at radius 2 is 0.600 bits per heavy atom. The maximum Gasteiger partial charge on any atom is 0.143 e. The van der Waals surface area contributed by atoms with E-state index in [9.17, 15) is 0 Å². The molecular formula is C58H39NO. The van der Waals surface area contributed by atoms with Crippen LogP contribution >= 0.6 is 0 Å². The van der Waals surface area contributed by atoms with E-state index in [2.05, 4.69) is 241 Å². The summed E-state index contributed by atoms with van der Waals surface area (Å²) in [5.41, 5.74) is 16.5. The Bertz CT molecular complexity index is 3160. The van der Waals surface area contributed by atoms with Crippen molar-refractivity contribution in [1.29, 1.82) is 0 Å². The van der Waals surface area contributed by atoms with Crippen molar-refractivity contribution in [2.75, 3.05) is 4.90 Å². The molecule has 0 bridgehead atoms. The molecule has 0 fully saturated rings. The van der Waals surface area contributed by atoms with Crippen LogP contribution in [-0.4, -0.2) is 0 Å². The standard InChI is InChI=1S/C58H39NO/c1-5-15-40(16-6-1)43-25-27-47(28-26-43)54-37-50(38-55-56-39-53(46-21-11-4-12-22-46)51-23-13-14-24-52(51)57(56)60-58(54)55)59(48-33-29-44(30-34-48)41-17-7-2-8-18-41)49-35-31-45(32-36-49)42-19-9-3-10-20-42/h1-39H. The molecule has 60 heavy (non-hydrogen) atoms. The van der Waals surface area contributed by atoms with E-state index in [1.54, 1.807) is 0 Å². The average molecular weight is 766 g/mol. The molecule has 0 N–H and O–H groups in total. The molecule has 11 rings (SSSR count). The van der Waals surface area contributed by atoms with Gasteiger partial charge in [-0.3, -0.25) is 0 Å². The van der Waals surface area contributed by atoms with Crippen LogP contribution in [0.15, 0.2) is 241 Å². The predicted molar refractivity (Wildman–Crippen MR) is 253 cm³/mol. The van der Waals surface area contributed by atoms with Crippen LogP contribution in [0.4, 0.5) is 17.1 Å². The van der Waals surface area contributed by atoms with Gasteiger partial charge in [0.15, 0.2) is 0 Å². The van der Waals surface area contributed by atoms with Gasteiger partial charge in [-0.25, -0.2) is 0 Å². The number of nitrogens with zero attached hydrogens (tertiary/aromatic N) is 1. The van der Waals surface area contributed by atoms with Crippen molar-refractivity contribution in [3.05, 3.63) is 237 Å². The third-order valence-corrected chi connectivity index (χ3v) is 11.7. The van der Waals surface area contributed by atoms with Crippen molar-refractivity contribution in [2.45, 2.75) is 0 Å². The summed E-state index contributed by atoms with van der Waals surface area (Å²) in [5.74, 6) is 0. The molecule has 0 radical (unpaired) electrons. The topological polar surface area (TPSA) is 16.4 Å². The highest BCUT2D eigenvalue weighted by molar-refractivity contribution is 6.21. The Kier molecular flexibility index (Phi) is 8.87. The van der Waals surface area contributed by atoms with E-state index in [1.165, 1.54) is 49.9 Å². The molecule has 0 amide bonds. The van der Waals surface area contributed by atoms with Gasteiger partial charge in [-0.15, -0.1) is 0 Å². The minimum absolute atomic E-state index is 0.871. The fraction of sp³-hybridized carbons (Fsp3) is 0. The van der Waals surface area contributed by atoms with Crippen LogP contribution in [-0.2, 0) is 0 Å². The first-order valence-corrected chi connectivity index (χ1v) is 20.5. The van der Waals surface area contributed by atoms with E-state index in [-0.39, 0.29) is 0 Å². The first-order valence-electron chi connectivity index (χ1n) is 20.5. The second-order valence-electron chi connectivity index (χ2n) is 15.3. The van der Waals surface area contributed by atoms with Gasteiger partial charge in [0, 0.05) is 38.8 Å². The number of hydrogen-bond donors (Lipinski definition) is 0. The second kappa shape index (κ2) is 15.1. The lowest BCUT2D eigenvalue weighted by atomic mass is 9.94. The lowest BCUT2D eigenvalue weighted by Gasteiger charge is -2.27. The monoisotopic (exact) mass is 765 g/mol. The normalized spacial score (nSPS) is 11.3. The summed E-state index contributed by atoms with van der Waals surface area (Å²) in [4.78, 5) is 2.38. The molecule has 0 aliphatic rings. The molecule has 2 nitrogen and oxygen atoms in total. The number of hydrogen-bond acceptors (Lipinski definition) is 2. The van der Waals surface area contributed by atoms with Crippen molar-refractivity contribution in [1.82, 2.24) is 0 Å². The zero-order valence-corrected chi connectivity index (χ0v) is 32.9. The Morgan fingerprint density at radius 3 is 1.10 bits per heavy atom. The van der Waals surface area contributed by atoms with Crippen LogP contribution in [0.5, 0.6) is 0 Å². The van der Waals surface area contributed by atoms with E-state index in [1.807, 2.05) is 0 Å². The van der Waals surface area contributed by atoms with Gasteiger partial charge in [0.05, 0.1) is 0 Å². The van der Waals surface area contributed by atoms with Crippen molar-refractivity contribution in [2.24, 2.45) is 0 Å². The molecule has 0 aliphatic carbocycles. The van der Waals surface area contributed by atoms with Crippen molar-refractivity contribution in [3.63, 3.8) is 0 Å². The number of fused-ring (bicyclic) bond motifs is 5. The van der Waals surface area contributed by atoms with E-state index in [0.717, 1.165) is 55.5 Å². The van der Waals surface area contributed by atoms with Crippen LogP contribution in [0.25, 0.3) is 88.3 Å². The third-order valence-electron chi connectivity index (χ3n) is 11.7. The zero-order chi connectivity index (χ0) is 39.8. The fourth-order valence-corrected chi connectivity index (χ4v) is 8.67. The van der Waals surface area contributed by atoms with Crippen LogP contribution in [0.2, 0.25) is 0 Å². The molecule has 1 heterocycles. The molecule has 0 unspecified atom stereocenters. The van der Waals surface area contributed by atoms with Crippen molar-refractivity contribution >= 4 is 49.8 Å². The maximum absolute atomic E-state index is 7.11. The molecule has 282 valence electrons. The lowest BCUT2D eigenvalue weighted by molar-refractivity contribution is 0.674. The summed E-state index contributed by atoms with van der Waals surface area (Å²) in [5, 5.41) is 4.43. The second-order valence-corrected chi connectivity index (χ2v) is 15.3. The maximum atomic E-state index is 7.11. The summed E-state index contributed by atoms with van der Waals surface area (Å²) in [7, 11) is 0. The lowest BCUT2D eigenvalue weighted by Crippen LogP contribution is -2.10. The number of furan rings is 1. The highest BCUT2D eigenvalue weighted by atomic mass is 16.3. The van der Waals surface area contributed by atoms with Gasteiger partial charge in [0.2, 0.25) is 0 Å². The Morgan fingerprint density at radius 1 is 0.233 bits per heavy atom. The van der Waals surface area contributed by atoms with Crippen LogP contribution in [0.1, 0.15) is 0 Å². The SMILES string of the molecule is c1ccc(-c2ccc(-c3cc(N(c4ccc(-c5ccccc5)cc4)c4ccc(-c5ccccc5)cc4)cc4c3oc3c5ccccc5c(-c5ccccc5)cc43)cc2)cc1. The summed E-state index contributed by atoms with van der Waals surface area (Å²) in [6, 6.07) is 84.7. The molecule has 0 aliphatic heterocycles. The summed E-state index contributed by atoms with van der Waals surface area (Å²) >= 11 is 0. The Hall–Kier alpha value is -7.94. The number of rotatable bonds is 8. The van der Waals surface area contributed by atoms with Gasteiger partial charge >= 0.3 is 0 Å². The van der Waals surface area contributed by atoms with Crippen LogP contribution in [0.3, 0.4) is 0 Å². The minimum Gasteiger partial charge on any atom is -0.455 e. The molecule has 0 atom stereocenters. The molecule has 1 aromatic heterocycles. The van der Waals surface area contributed by atoms with Gasteiger partial charge < -0.3 is 9.32 Å². The van der Waals surface area contributed by atoms with Gasteiger partial charge in [0.1, 0.15) is 11.2 Å². The quantitative estimate of drug-likeness (QED) is 0.153. The smallest absolute Gasteiger partial charge is 0.143 e. The van der Waals surface area contributed by atoms with Crippen LogP contribution < -0.4 is 4.90 Å². The van der Waals surface area contributed by atoms with Gasteiger partial charge in [-0.05, 0) is 97.9 Å². The van der Waals surface area contributed by atoms with Crippen LogP contribution in [0, 0.1) is 0 Å². The predicted octanol–water partition coefficient (Wildman–Crippen LogP) is 16.5. The molecule has 0 saturated heterocycles. The highest BCUT2D eigenvalue weighted by Crippen LogP contribution is 2.47. The number of benzene rings is 10. The van der Waals surface area contributed by atoms with Gasteiger partial charge in [-0.2, -0.15) is 0 Å². The molecule has 2 heteroatoms. The summed E-state index contributed by atoms with van der Waals surface area (Å²) < 4.78 is 7.11. The Labute approximate surface area is 349 Å². The van der Waals surface area contributed by atoms with E-state index >= 15 is 0 Å². The van der Waals surface area contributed by atoms with Gasteiger partial charge in [0.25, 0.3) is 0 Å². The molecule has 10 aromatic carbocycles. The number of anilines is 3. The zero-order valence-electron chi connectivity index (χ0n) is 32.9. The highest BCUT2D eigenvalue weighted by Gasteiger charge is 2.22. The Balaban J connectivity index is 1.16. The fourth-order valence-electron chi connectivity index (χ4n) is 8.67. The van der Waals surface area contributed by atoms with Crippen molar-refractivity contribution < 1.29 is 4.42 Å². The van der Waals surface area contributed by atoms with E-state index < -0.39 is 0 Å².